The summed E-state index contributed by atoms with van der Waals surface area (Å²) in [7, 11) is 0. The molecule has 2 rings (SSSR count). The van der Waals surface area contributed by atoms with Gasteiger partial charge in [-0.15, -0.1) is 0 Å². The van der Waals surface area contributed by atoms with Crippen LogP contribution in [0.3, 0.4) is 0 Å². The maximum Gasteiger partial charge on any atom is 0.142 e. The average molecular weight is 259 g/mol. The van der Waals surface area contributed by atoms with Gasteiger partial charge in [-0.05, 0) is 24.3 Å². The Morgan fingerprint density at radius 2 is 2.06 bits per heavy atom. The Morgan fingerprint density at radius 1 is 1.29 bits per heavy atom. The highest BCUT2D eigenvalue weighted by molar-refractivity contribution is 6.30. The molecule has 0 fully saturated rings. The predicted molar refractivity (Wildman–Crippen MR) is 59.2 cm³/mol. The summed E-state index contributed by atoms with van der Waals surface area (Å²) >= 11 is 5.47. The van der Waals surface area contributed by atoms with Gasteiger partial charge >= 0.3 is 0 Å². The van der Waals surface area contributed by atoms with E-state index in [9.17, 15) is 8.78 Å². The number of furan rings is 1. The standard InChI is InChI=1S/C11H9ClF2N2O/c12-7-5-8(13)6(4-9(7)14)11(16-15)10-2-1-3-17-10/h1-5,11,16H,15H2. The van der Waals surface area contributed by atoms with Crippen molar-refractivity contribution in [2.24, 2.45) is 5.84 Å². The van der Waals surface area contributed by atoms with Crippen molar-refractivity contribution >= 4 is 11.6 Å². The van der Waals surface area contributed by atoms with E-state index in [0.717, 1.165) is 12.1 Å². The monoisotopic (exact) mass is 258 g/mol. The van der Waals surface area contributed by atoms with Crippen LogP contribution in [0, 0.1) is 11.6 Å². The van der Waals surface area contributed by atoms with E-state index < -0.39 is 17.7 Å². The molecule has 0 aliphatic carbocycles. The molecule has 2 aromatic rings. The molecule has 0 aliphatic heterocycles. The van der Waals surface area contributed by atoms with E-state index in [1.165, 1.54) is 6.26 Å². The number of hydrogen-bond acceptors (Lipinski definition) is 3. The van der Waals surface area contributed by atoms with Gasteiger partial charge < -0.3 is 4.42 Å². The number of hydrazine groups is 1. The first kappa shape index (κ1) is 12.0. The molecule has 0 spiro atoms. The van der Waals surface area contributed by atoms with Crippen molar-refractivity contribution in [1.29, 1.82) is 0 Å². The first-order chi connectivity index (χ1) is 8.13. The minimum atomic E-state index is -0.767. The highest BCUT2D eigenvalue weighted by Crippen LogP contribution is 2.27. The molecule has 17 heavy (non-hydrogen) atoms. The minimum Gasteiger partial charge on any atom is -0.467 e. The van der Waals surface area contributed by atoms with Gasteiger partial charge in [0, 0.05) is 5.56 Å². The Kier molecular flexibility index (Phi) is 3.42. The smallest absolute Gasteiger partial charge is 0.142 e. The first-order valence-electron chi connectivity index (χ1n) is 4.77. The van der Waals surface area contributed by atoms with Crippen LogP contribution in [0.5, 0.6) is 0 Å². The molecule has 1 heterocycles. The normalized spacial score (nSPS) is 12.7. The molecule has 0 saturated carbocycles. The van der Waals surface area contributed by atoms with Crippen LogP contribution in [0.4, 0.5) is 8.78 Å². The third-order valence-electron chi connectivity index (χ3n) is 2.34. The third kappa shape index (κ3) is 2.31. The summed E-state index contributed by atoms with van der Waals surface area (Å²) in [6.07, 6.45) is 1.42. The van der Waals surface area contributed by atoms with Gasteiger partial charge in [-0.3, -0.25) is 5.84 Å². The highest BCUT2D eigenvalue weighted by atomic mass is 35.5. The zero-order valence-corrected chi connectivity index (χ0v) is 9.34. The lowest BCUT2D eigenvalue weighted by molar-refractivity contribution is 0.439. The molecular formula is C11H9ClF2N2O. The predicted octanol–water partition coefficient (Wildman–Crippen LogP) is 2.76. The van der Waals surface area contributed by atoms with Gasteiger partial charge in [0.2, 0.25) is 0 Å². The Bertz CT molecular complexity index is 516. The number of nitrogens with one attached hydrogen (secondary N) is 1. The summed E-state index contributed by atoms with van der Waals surface area (Å²) in [5.41, 5.74) is 2.40. The van der Waals surface area contributed by atoms with Crippen molar-refractivity contribution < 1.29 is 13.2 Å². The zero-order chi connectivity index (χ0) is 12.4. The summed E-state index contributed by atoms with van der Waals surface area (Å²) in [5.74, 6) is 4.33. The van der Waals surface area contributed by atoms with Crippen molar-refractivity contribution in [3.8, 4) is 0 Å². The van der Waals surface area contributed by atoms with Gasteiger partial charge in [0.25, 0.3) is 0 Å². The highest BCUT2D eigenvalue weighted by Gasteiger charge is 2.21. The van der Waals surface area contributed by atoms with E-state index in [1.54, 1.807) is 12.1 Å². The van der Waals surface area contributed by atoms with Crippen LogP contribution in [0.15, 0.2) is 34.9 Å². The topological polar surface area (TPSA) is 51.2 Å². The Hall–Kier alpha value is -1.43. The molecule has 1 aromatic carbocycles. The molecule has 3 nitrogen and oxygen atoms in total. The molecule has 0 aliphatic rings. The number of halogens is 3. The van der Waals surface area contributed by atoms with Crippen molar-refractivity contribution in [1.82, 2.24) is 5.43 Å². The Labute approximate surface area is 101 Å². The number of hydrogen-bond donors (Lipinski definition) is 2. The van der Waals surface area contributed by atoms with E-state index >= 15 is 0 Å². The van der Waals surface area contributed by atoms with Crippen molar-refractivity contribution in [3.63, 3.8) is 0 Å². The van der Waals surface area contributed by atoms with Crippen LogP contribution < -0.4 is 11.3 Å². The molecule has 1 atom stereocenters. The van der Waals surface area contributed by atoms with Crippen molar-refractivity contribution in [3.05, 3.63) is 58.5 Å². The molecule has 1 unspecified atom stereocenters. The lowest BCUT2D eigenvalue weighted by Crippen LogP contribution is -2.29. The molecule has 6 heteroatoms. The fourth-order valence-electron chi connectivity index (χ4n) is 1.54. The van der Waals surface area contributed by atoms with Crippen LogP contribution >= 0.6 is 11.6 Å². The fourth-order valence-corrected chi connectivity index (χ4v) is 1.69. The quantitative estimate of drug-likeness (QED) is 0.506. The molecule has 0 radical (unpaired) electrons. The number of benzene rings is 1. The summed E-state index contributed by atoms with van der Waals surface area (Å²) in [5, 5.41) is -0.276. The molecule has 0 bridgehead atoms. The van der Waals surface area contributed by atoms with Gasteiger partial charge in [-0.1, -0.05) is 11.6 Å². The molecule has 1 aromatic heterocycles. The van der Waals surface area contributed by atoms with Crippen LogP contribution in [0.2, 0.25) is 5.02 Å². The van der Waals surface area contributed by atoms with E-state index in [0.29, 0.717) is 5.76 Å². The zero-order valence-electron chi connectivity index (χ0n) is 8.58. The molecular weight excluding hydrogens is 250 g/mol. The van der Waals surface area contributed by atoms with Gasteiger partial charge in [-0.2, -0.15) is 0 Å². The SMILES string of the molecule is NNC(c1ccco1)c1cc(F)c(Cl)cc1F. The molecule has 0 saturated heterocycles. The van der Waals surface area contributed by atoms with Gasteiger partial charge in [0.15, 0.2) is 0 Å². The van der Waals surface area contributed by atoms with E-state index in [4.69, 9.17) is 21.9 Å². The summed E-state index contributed by atoms with van der Waals surface area (Å²) in [6.45, 7) is 0. The lowest BCUT2D eigenvalue weighted by Gasteiger charge is -2.15. The average Bonchev–Trinajstić information content (AvgIpc) is 2.80. The largest absolute Gasteiger partial charge is 0.467 e. The van der Waals surface area contributed by atoms with Gasteiger partial charge in [0.05, 0.1) is 11.3 Å². The Balaban J connectivity index is 2.48. The second-order valence-electron chi connectivity index (χ2n) is 3.40. The first-order valence-corrected chi connectivity index (χ1v) is 5.15. The van der Waals surface area contributed by atoms with Crippen molar-refractivity contribution in [2.45, 2.75) is 6.04 Å². The van der Waals surface area contributed by atoms with Gasteiger partial charge in [-0.25, -0.2) is 14.2 Å². The minimum absolute atomic E-state index is 0.0318. The number of rotatable bonds is 3. The second-order valence-corrected chi connectivity index (χ2v) is 3.81. The maximum absolute atomic E-state index is 13.7. The van der Waals surface area contributed by atoms with E-state index in [-0.39, 0.29) is 10.6 Å². The van der Waals surface area contributed by atoms with Crippen LogP contribution in [0.1, 0.15) is 17.4 Å². The Morgan fingerprint density at radius 3 is 2.65 bits per heavy atom. The molecule has 90 valence electrons. The summed E-state index contributed by atoms with van der Waals surface area (Å²) in [6, 6.07) is 4.36. The maximum atomic E-state index is 13.7. The van der Waals surface area contributed by atoms with Gasteiger partial charge in [0.1, 0.15) is 23.4 Å². The van der Waals surface area contributed by atoms with E-state index in [2.05, 4.69) is 5.43 Å². The van der Waals surface area contributed by atoms with Crippen molar-refractivity contribution in [2.75, 3.05) is 0 Å². The molecule has 3 N–H and O–H groups in total. The number of nitrogens with two attached hydrogens (primary N) is 1. The fraction of sp³-hybridized carbons (Fsp3) is 0.0909. The van der Waals surface area contributed by atoms with Crippen LogP contribution in [-0.2, 0) is 0 Å². The summed E-state index contributed by atoms with van der Waals surface area (Å²) < 4.78 is 32.1. The van der Waals surface area contributed by atoms with E-state index in [1.807, 2.05) is 0 Å². The summed E-state index contributed by atoms with van der Waals surface area (Å²) in [4.78, 5) is 0. The lowest BCUT2D eigenvalue weighted by atomic mass is 10.0. The molecule has 0 amide bonds. The third-order valence-corrected chi connectivity index (χ3v) is 2.63. The van der Waals surface area contributed by atoms with Crippen LogP contribution in [-0.4, -0.2) is 0 Å². The second kappa shape index (κ2) is 4.83. The van der Waals surface area contributed by atoms with Crippen LogP contribution in [0.25, 0.3) is 0 Å².